The number of ether oxygens (including phenoxy) is 1. The molecular weight excluding hydrogens is 278 g/mol. The molecule has 0 unspecified atom stereocenters. The normalized spacial score (nSPS) is 16.4. The highest BCUT2D eigenvalue weighted by molar-refractivity contribution is 7.71. The SMILES string of the molecule is Oc1ccccc1-c1nn(CN2CCOCC2)c(=S)o1. The Kier molecular flexibility index (Phi) is 3.81. The summed E-state index contributed by atoms with van der Waals surface area (Å²) in [7, 11) is 0. The zero-order valence-electron chi connectivity index (χ0n) is 10.9. The van der Waals surface area contributed by atoms with Crippen molar-refractivity contribution in [3.63, 3.8) is 0 Å². The van der Waals surface area contributed by atoms with Crippen molar-refractivity contribution in [2.45, 2.75) is 6.67 Å². The molecule has 1 aromatic heterocycles. The molecule has 0 bridgehead atoms. The maximum atomic E-state index is 9.82. The first-order valence-electron chi connectivity index (χ1n) is 6.40. The molecule has 106 valence electrons. The summed E-state index contributed by atoms with van der Waals surface area (Å²) in [6.45, 7) is 3.70. The second-order valence-corrected chi connectivity index (χ2v) is 4.91. The molecule has 0 radical (unpaired) electrons. The molecule has 1 fully saturated rings. The summed E-state index contributed by atoms with van der Waals surface area (Å²) < 4.78 is 12.4. The van der Waals surface area contributed by atoms with Gasteiger partial charge in [-0.2, -0.15) is 0 Å². The van der Waals surface area contributed by atoms with Gasteiger partial charge in [0.05, 0.1) is 25.4 Å². The van der Waals surface area contributed by atoms with Crippen LogP contribution in [0.4, 0.5) is 0 Å². The van der Waals surface area contributed by atoms with E-state index in [1.165, 1.54) is 0 Å². The highest BCUT2D eigenvalue weighted by Gasteiger charge is 2.15. The molecule has 20 heavy (non-hydrogen) atoms. The lowest BCUT2D eigenvalue weighted by atomic mass is 10.2. The van der Waals surface area contributed by atoms with Gasteiger partial charge in [-0.3, -0.25) is 4.90 Å². The van der Waals surface area contributed by atoms with Gasteiger partial charge in [0, 0.05) is 13.1 Å². The van der Waals surface area contributed by atoms with E-state index in [0.29, 0.717) is 23.0 Å². The van der Waals surface area contributed by atoms with Gasteiger partial charge in [0.1, 0.15) is 5.75 Å². The molecule has 0 saturated carbocycles. The van der Waals surface area contributed by atoms with Crippen LogP contribution in [-0.2, 0) is 11.4 Å². The maximum Gasteiger partial charge on any atom is 0.288 e. The molecule has 1 aromatic carbocycles. The van der Waals surface area contributed by atoms with Crippen molar-refractivity contribution < 1.29 is 14.3 Å². The minimum Gasteiger partial charge on any atom is -0.507 e. The first-order valence-corrected chi connectivity index (χ1v) is 6.81. The van der Waals surface area contributed by atoms with Gasteiger partial charge in [0.2, 0.25) is 0 Å². The molecule has 0 amide bonds. The number of morpholine rings is 1. The third kappa shape index (κ3) is 2.74. The number of para-hydroxylation sites is 1. The van der Waals surface area contributed by atoms with Crippen LogP contribution in [0.2, 0.25) is 0 Å². The lowest BCUT2D eigenvalue weighted by Gasteiger charge is -2.25. The number of hydrogen-bond donors (Lipinski definition) is 1. The Morgan fingerprint density at radius 2 is 2.00 bits per heavy atom. The number of phenols is 1. The first kappa shape index (κ1) is 13.3. The number of hydrogen-bond acceptors (Lipinski definition) is 6. The second kappa shape index (κ2) is 5.74. The van der Waals surface area contributed by atoms with E-state index in [1.807, 2.05) is 6.07 Å². The Balaban J connectivity index is 1.84. The number of nitrogens with zero attached hydrogens (tertiary/aromatic N) is 3. The van der Waals surface area contributed by atoms with Crippen LogP contribution in [-0.4, -0.2) is 46.1 Å². The molecule has 1 aliphatic heterocycles. The molecule has 7 heteroatoms. The zero-order valence-corrected chi connectivity index (χ0v) is 11.7. The van der Waals surface area contributed by atoms with Crippen LogP contribution in [0.15, 0.2) is 28.7 Å². The lowest BCUT2D eigenvalue weighted by Crippen LogP contribution is -2.37. The minimum absolute atomic E-state index is 0.127. The van der Waals surface area contributed by atoms with E-state index in [1.54, 1.807) is 22.9 Å². The molecule has 0 spiro atoms. The monoisotopic (exact) mass is 293 g/mol. The largest absolute Gasteiger partial charge is 0.507 e. The Morgan fingerprint density at radius 1 is 1.25 bits per heavy atom. The summed E-state index contributed by atoms with van der Waals surface area (Å²) in [6, 6.07) is 6.90. The Hall–Kier alpha value is -1.70. The molecule has 3 rings (SSSR count). The van der Waals surface area contributed by atoms with Gasteiger partial charge in [-0.15, -0.1) is 5.10 Å². The maximum absolute atomic E-state index is 9.82. The van der Waals surface area contributed by atoms with Crippen LogP contribution in [0.3, 0.4) is 0 Å². The van der Waals surface area contributed by atoms with Crippen molar-refractivity contribution in [1.82, 2.24) is 14.7 Å². The van der Waals surface area contributed by atoms with Crippen molar-refractivity contribution in [3.8, 4) is 17.2 Å². The van der Waals surface area contributed by atoms with Crippen LogP contribution in [0.5, 0.6) is 5.75 Å². The Morgan fingerprint density at radius 3 is 2.75 bits per heavy atom. The summed E-state index contributed by atoms with van der Waals surface area (Å²) in [4.78, 5) is 2.49. The fraction of sp³-hybridized carbons (Fsp3) is 0.385. The highest BCUT2D eigenvalue weighted by atomic mass is 32.1. The molecule has 1 saturated heterocycles. The van der Waals surface area contributed by atoms with Crippen molar-refractivity contribution in [3.05, 3.63) is 29.1 Å². The number of aromatic hydroxyl groups is 1. The van der Waals surface area contributed by atoms with Crippen molar-refractivity contribution in [2.24, 2.45) is 0 Å². The van der Waals surface area contributed by atoms with Gasteiger partial charge in [-0.05, 0) is 24.4 Å². The summed E-state index contributed by atoms with van der Waals surface area (Å²) in [5.74, 6) is 0.462. The first-order chi connectivity index (χ1) is 9.74. The van der Waals surface area contributed by atoms with Gasteiger partial charge in [-0.1, -0.05) is 12.1 Å². The molecule has 0 atom stereocenters. The lowest BCUT2D eigenvalue weighted by molar-refractivity contribution is 0.0206. The van der Waals surface area contributed by atoms with E-state index < -0.39 is 0 Å². The van der Waals surface area contributed by atoms with Gasteiger partial charge in [0.25, 0.3) is 10.7 Å². The van der Waals surface area contributed by atoms with Crippen molar-refractivity contribution in [2.75, 3.05) is 26.3 Å². The van der Waals surface area contributed by atoms with E-state index in [9.17, 15) is 5.11 Å². The molecular formula is C13H15N3O3S. The van der Waals surface area contributed by atoms with Gasteiger partial charge < -0.3 is 14.3 Å². The minimum atomic E-state index is 0.127. The molecule has 2 heterocycles. The van der Waals surface area contributed by atoms with E-state index in [2.05, 4.69) is 10.00 Å². The van der Waals surface area contributed by atoms with E-state index in [4.69, 9.17) is 21.4 Å². The summed E-state index contributed by atoms with van der Waals surface area (Å²) >= 11 is 5.18. The second-order valence-electron chi connectivity index (χ2n) is 4.56. The van der Waals surface area contributed by atoms with E-state index in [-0.39, 0.29) is 5.75 Å². The molecule has 0 aliphatic carbocycles. The van der Waals surface area contributed by atoms with Crippen LogP contribution in [0.25, 0.3) is 11.5 Å². The highest BCUT2D eigenvalue weighted by Crippen LogP contribution is 2.27. The third-order valence-electron chi connectivity index (χ3n) is 3.18. The Labute approximate surface area is 121 Å². The van der Waals surface area contributed by atoms with Gasteiger partial charge in [-0.25, -0.2) is 4.68 Å². The number of aromatic nitrogens is 2. The van der Waals surface area contributed by atoms with Gasteiger partial charge >= 0.3 is 0 Å². The average molecular weight is 293 g/mol. The van der Waals surface area contributed by atoms with E-state index in [0.717, 1.165) is 26.3 Å². The summed E-state index contributed by atoms with van der Waals surface area (Å²) in [5, 5.41) is 14.2. The molecule has 2 aromatic rings. The van der Waals surface area contributed by atoms with Crippen LogP contribution in [0, 0.1) is 4.84 Å². The number of rotatable bonds is 3. The van der Waals surface area contributed by atoms with Crippen LogP contribution >= 0.6 is 12.2 Å². The van der Waals surface area contributed by atoms with Crippen LogP contribution in [0.1, 0.15) is 0 Å². The molecule has 6 nitrogen and oxygen atoms in total. The smallest absolute Gasteiger partial charge is 0.288 e. The summed E-state index contributed by atoms with van der Waals surface area (Å²) in [6.07, 6.45) is 0. The fourth-order valence-corrected chi connectivity index (χ4v) is 2.27. The van der Waals surface area contributed by atoms with E-state index >= 15 is 0 Å². The Bertz CT molecular complexity index is 646. The predicted molar refractivity (Wildman–Crippen MR) is 74.8 cm³/mol. The standard InChI is InChI=1S/C13H15N3O3S/c17-11-4-2-1-3-10(11)12-14-16(13(20)19-12)9-15-5-7-18-8-6-15/h1-4,17H,5-9H2. The van der Waals surface area contributed by atoms with Crippen molar-refractivity contribution in [1.29, 1.82) is 0 Å². The molecule has 1 aliphatic rings. The fourth-order valence-electron chi connectivity index (χ4n) is 2.09. The average Bonchev–Trinajstić information content (AvgIpc) is 2.81. The quantitative estimate of drug-likeness (QED) is 0.872. The summed E-state index contributed by atoms with van der Waals surface area (Å²) in [5.41, 5.74) is 0.541. The van der Waals surface area contributed by atoms with Gasteiger partial charge in [0.15, 0.2) is 0 Å². The van der Waals surface area contributed by atoms with Crippen molar-refractivity contribution >= 4 is 12.2 Å². The third-order valence-corrected chi connectivity index (χ3v) is 3.47. The zero-order chi connectivity index (χ0) is 13.9. The molecule has 1 N–H and O–H groups in total. The topological polar surface area (TPSA) is 63.7 Å². The number of benzene rings is 1. The van der Waals surface area contributed by atoms with Crippen LogP contribution < -0.4 is 0 Å². The number of phenolic OH excluding ortho intramolecular Hbond substituents is 1. The predicted octanol–water partition coefficient (Wildman–Crippen LogP) is 1.87.